The van der Waals surface area contributed by atoms with Crippen molar-refractivity contribution in [3.63, 3.8) is 0 Å². The number of guanidine groups is 1. The average Bonchev–Trinajstić information content (AvgIpc) is 2.99. The summed E-state index contributed by atoms with van der Waals surface area (Å²) in [6.45, 7) is 6.22. The molecule has 0 aromatic heterocycles. The maximum absolute atomic E-state index is 6.12. The summed E-state index contributed by atoms with van der Waals surface area (Å²) in [6, 6.07) is 6.03. The smallest absolute Gasteiger partial charge is 0.191 e. The molecule has 0 radical (unpaired) electrons. The van der Waals surface area contributed by atoms with Crippen molar-refractivity contribution < 1.29 is 4.74 Å². The minimum atomic E-state index is 0.333. The first-order chi connectivity index (χ1) is 10.7. The Morgan fingerprint density at radius 1 is 1.59 bits per heavy atom. The number of halogens is 1. The van der Waals surface area contributed by atoms with Gasteiger partial charge in [-0.2, -0.15) is 0 Å². The van der Waals surface area contributed by atoms with E-state index in [2.05, 4.69) is 27.1 Å². The van der Waals surface area contributed by atoms with Gasteiger partial charge < -0.3 is 20.3 Å². The molecule has 1 aliphatic heterocycles. The predicted molar refractivity (Wildman–Crippen MR) is 93.3 cm³/mol. The second-order valence-corrected chi connectivity index (χ2v) is 5.57. The summed E-state index contributed by atoms with van der Waals surface area (Å²) >= 11 is 6.12. The Kier molecular flexibility index (Phi) is 5.95. The molecule has 1 heterocycles. The third kappa shape index (κ3) is 4.07. The number of rotatable bonds is 5. The standard InChI is InChI=1S/C16H23ClN4O/c1-4-8-19-16(18-2)20-13-7-9-21(11-13)14-10-12(17)5-6-15(14)22-3/h4-6,10,13H,1,7-9,11H2,2-3H3,(H2,18,19,20). The number of hydrogen-bond acceptors (Lipinski definition) is 3. The lowest BCUT2D eigenvalue weighted by atomic mass is 10.2. The van der Waals surface area contributed by atoms with Crippen LogP contribution < -0.4 is 20.3 Å². The second kappa shape index (κ2) is 7.94. The fourth-order valence-electron chi connectivity index (χ4n) is 2.56. The van der Waals surface area contributed by atoms with E-state index in [-0.39, 0.29) is 0 Å². The van der Waals surface area contributed by atoms with Crippen LogP contribution in [0.1, 0.15) is 6.42 Å². The monoisotopic (exact) mass is 322 g/mol. The highest BCUT2D eigenvalue weighted by Crippen LogP contribution is 2.33. The molecule has 2 rings (SSSR count). The van der Waals surface area contributed by atoms with Gasteiger partial charge in [0.05, 0.1) is 12.8 Å². The Morgan fingerprint density at radius 2 is 2.41 bits per heavy atom. The van der Waals surface area contributed by atoms with Gasteiger partial charge in [0.25, 0.3) is 0 Å². The first kappa shape index (κ1) is 16.5. The highest BCUT2D eigenvalue weighted by Gasteiger charge is 2.25. The molecule has 1 atom stereocenters. The van der Waals surface area contributed by atoms with Crippen molar-refractivity contribution in [2.75, 3.05) is 38.7 Å². The molecule has 2 N–H and O–H groups in total. The van der Waals surface area contributed by atoms with Gasteiger partial charge in [-0.3, -0.25) is 4.99 Å². The molecule has 0 aliphatic carbocycles. The lowest BCUT2D eigenvalue weighted by molar-refractivity contribution is 0.415. The van der Waals surface area contributed by atoms with Gasteiger partial charge in [0.15, 0.2) is 5.96 Å². The van der Waals surface area contributed by atoms with Crippen LogP contribution in [0.4, 0.5) is 5.69 Å². The Labute approximate surface area is 137 Å². The lowest BCUT2D eigenvalue weighted by Gasteiger charge is -2.22. The molecule has 0 amide bonds. The van der Waals surface area contributed by atoms with Crippen LogP contribution >= 0.6 is 11.6 Å². The zero-order valence-corrected chi connectivity index (χ0v) is 13.9. The van der Waals surface area contributed by atoms with Crippen molar-refractivity contribution in [1.82, 2.24) is 10.6 Å². The van der Waals surface area contributed by atoms with Gasteiger partial charge in [0.2, 0.25) is 0 Å². The third-order valence-corrected chi connectivity index (χ3v) is 3.88. The van der Waals surface area contributed by atoms with Gasteiger partial charge in [0.1, 0.15) is 5.75 Å². The van der Waals surface area contributed by atoms with Crippen LogP contribution in [0.5, 0.6) is 5.75 Å². The van der Waals surface area contributed by atoms with E-state index in [0.29, 0.717) is 12.6 Å². The summed E-state index contributed by atoms with van der Waals surface area (Å²) in [7, 11) is 3.45. The van der Waals surface area contributed by atoms with E-state index in [1.807, 2.05) is 24.3 Å². The first-order valence-corrected chi connectivity index (χ1v) is 7.72. The molecule has 0 saturated carbocycles. The topological polar surface area (TPSA) is 48.9 Å². The highest BCUT2D eigenvalue weighted by molar-refractivity contribution is 6.30. The summed E-state index contributed by atoms with van der Waals surface area (Å²) in [6.07, 6.45) is 2.84. The Morgan fingerprint density at radius 3 is 3.09 bits per heavy atom. The van der Waals surface area contributed by atoms with Gasteiger partial charge in [-0.1, -0.05) is 17.7 Å². The number of nitrogens with zero attached hydrogens (tertiary/aromatic N) is 2. The number of benzene rings is 1. The minimum absolute atomic E-state index is 0.333. The summed E-state index contributed by atoms with van der Waals surface area (Å²) in [5.74, 6) is 1.64. The van der Waals surface area contributed by atoms with Crippen LogP contribution in [-0.2, 0) is 0 Å². The minimum Gasteiger partial charge on any atom is -0.495 e. The first-order valence-electron chi connectivity index (χ1n) is 7.34. The molecular formula is C16H23ClN4O. The molecule has 1 saturated heterocycles. The van der Waals surface area contributed by atoms with Crippen molar-refractivity contribution in [2.24, 2.45) is 4.99 Å². The third-order valence-electron chi connectivity index (χ3n) is 3.65. The molecule has 5 nitrogen and oxygen atoms in total. The highest BCUT2D eigenvalue weighted by atomic mass is 35.5. The second-order valence-electron chi connectivity index (χ2n) is 5.13. The van der Waals surface area contributed by atoms with E-state index < -0.39 is 0 Å². The summed E-state index contributed by atoms with van der Waals surface area (Å²) < 4.78 is 5.44. The van der Waals surface area contributed by atoms with E-state index in [9.17, 15) is 0 Å². The quantitative estimate of drug-likeness (QED) is 0.496. The SMILES string of the molecule is C=CCNC(=NC)NC1CCN(c2cc(Cl)ccc2OC)C1. The van der Waals surface area contributed by atoms with E-state index in [1.54, 1.807) is 14.2 Å². The molecule has 1 aromatic carbocycles. The van der Waals surface area contributed by atoms with Crippen LogP contribution in [0.3, 0.4) is 0 Å². The molecule has 1 aromatic rings. The molecule has 0 bridgehead atoms. The van der Waals surface area contributed by atoms with Crippen LogP contribution in [0.2, 0.25) is 5.02 Å². The Bertz CT molecular complexity index is 547. The molecule has 22 heavy (non-hydrogen) atoms. The summed E-state index contributed by atoms with van der Waals surface area (Å²) in [4.78, 5) is 6.50. The number of ether oxygens (including phenoxy) is 1. The maximum atomic E-state index is 6.12. The maximum Gasteiger partial charge on any atom is 0.191 e. The Hall–Kier alpha value is -1.88. The van der Waals surface area contributed by atoms with Gasteiger partial charge in [-0.15, -0.1) is 6.58 Å². The largest absolute Gasteiger partial charge is 0.495 e. The number of hydrogen-bond donors (Lipinski definition) is 2. The fourth-order valence-corrected chi connectivity index (χ4v) is 2.73. The zero-order valence-electron chi connectivity index (χ0n) is 13.1. The van der Waals surface area contributed by atoms with Crippen LogP contribution in [-0.4, -0.2) is 45.8 Å². The van der Waals surface area contributed by atoms with Crippen molar-refractivity contribution >= 4 is 23.2 Å². The van der Waals surface area contributed by atoms with Gasteiger partial charge >= 0.3 is 0 Å². The Balaban J connectivity index is 2.00. The van der Waals surface area contributed by atoms with E-state index >= 15 is 0 Å². The van der Waals surface area contributed by atoms with E-state index in [1.165, 1.54) is 0 Å². The molecule has 120 valence electrons. The fraction of sp³-hybridized carbons (Fsp3) is 0.438. The number of aliphatic imine (C=N–C) groups is 1. The lowest BCUT2D eigenvalue weighted by Crippen LogP contribution is -2.44. The summed E-state index contributed by atoms with van der Waals surface area (Å²) in [5, 5.41) is 7.33. The van der Waals surface area contributed by atoms with Crippen molar-refractivity contribution in [3.8, 4) is 5.75 Å². The average molecular weight is 323 g/mol. The molecule has 1 unspecified atom stereocenters. The summed E-state index contributed by atoms with van der Waals surface area (Å²) in [5.41, 5.74) is 1.04. The predicted octanol–water partition coefficient (Wildman–Crippen LogP) is 2.28. The molecule has 1 fully saturated rings. The van der Waals surface area contributed by atoms with Gasteiger partial charge in [0, 0.05) is 37.7 Å². The number of nitrogens with one attached hydrogen (secondary N) is 2. The molecular weight excluding hydrogens is 300 g/mol. The van der Waals surface area contributed by atoms with Crippen LogP contribution in [0.25, 0.3) is 0 Å². The van der Waals surface area contributed by atoms with Crippen molar-refractivity contribution in [1.29, 1.82) is 0 Å². The van der Waals surface area contributed by atoms with E-state index in [0.717, 1.165) is 41.9 Å². The van der Waals surface area contributed by atoms with Crippen molar-refractivity contribution in [2.45, 2.75) is 12.5 Å². The van der Waals surface area contributed by atoms with Gasteiger partial charge in [-0.25, -0.2) is 0 Å². The molecule has 6 heteroatoms. The molecule has 1 aliphatic rings. The van der Waals surface area contributed by atoms with Crippen molar-refractivity contribution in [3.05, 3.63) is 35.9 Å². The zero-order chi connectivity index (χ0) is 15.9. The van der Waals surface area contributed by atoms with Gasteiger partial charge in [-0.05, 0) is 24.6 Å². The van der Waals surface area contributed by atoms with Crippen LogP contribution in [0, 0.1) is 0 Å². The van der Waals surface area contributed by atoms with E-state index in [4.69, 9.17) is 16.3 Å². The number of anilines is 1. The number of methoxy groups -OCH3 is 1. The van der Waals surface area contributed by atoms with Crippen LogP contribution in [0.15, 0.2) is 35.8 Å². The normalized spacial score (nSPS) is 18.2. The molecule has 0 spiro atoms.